The number of ether oxygens (including phenoxy) is 1. The molecule has 0 radical (unpaired) electrons. The number of para-hydroxylation sites is 1. The number of carbonyl (C=O) groups excluding carboxylic acids is 2. The lowest BCUT2D eigenvalue weighted by Crippen LogP contribution is -2.34. The lowest BCUT2D eigenvalue weighted by Gasteiger charge is -2.20. The average molecular weight is 375 g/mol. The molecule has 3 rings (SSSR count). The molecule has 0 aliphatic rings. The van der Waals surface area contributed by atoms with Gasteiger partial charge in [-0.15, -0.1) is 0 Å². The molecule has 0 aromatic heterocycles. The molecule has 0 unspecified atom stereocenters. The normalized spacial score (nSPS) is 10.3. The fourth-order valence-electron chi connectivity index (χ4n) is 2.85. The van der Waals surface area contributed by atoms with E-state index in [1.807, 2.05) is 37.3 Å². The molecule has 5 heteroatoms. The smallest absolute Gasteiger partial charge is 0.338 e. The Morgan fingerprint density at radius 3 is 2.00 bits per heavy atom. The van der Waals surface area contributed by atoms with Crippen LogP contribution in [0.1, 0.15) is 17.3 Å². The molecule has 5 nitrogen and oxygen atoms in total. The molecule has 0 aliphatic heterocycles. The average Bonchev–Trinajstić information content (AvgIpc) is 2.74. The number of rotatable bonds is 6. The van der Waals surface area contributed by atoms with E-state index in [1.54, 1.807) is 53.4 Å². The first-order valence-electron chi connectivity index (χ1n) is 9.00. The van der Waals surface area contributed by atoms with Gasteiger partial charge in [-0.25, -0.2) is 4.79 Å². The SMILES string of the molecule is CCN(C(=O)COC(=O)c1ccc(-c2ccc(O)cc2)cc1)c1ccccc1. The van der Waals surface area contributed by atoms with Crippen molar-refractivity contribution >= 4 is 17.6 Å². The zero-order chi connectivity index (χ0) is 19.9. The summed E-state index contributed by atoms with van der Waals surface area (Å²) in [4.78, 5) is 26.2. The van der Waals surface area contributed by atoms with Crippen molar-refractivity contribution < 1.29 is 19.4 Å². The van der Waals surface area contributed by atoms with Gasteiger partial charge >= 0.3 is 5.97 Å². The summed E-state index contributed by atoms with van der Waals surface area (Å²) in [5.41, 5.74) is 2.98. The van der Waals surface area contributed by atoms with Gasteiger partial charge in [0, 0.05) is 12.2 Å². The van der Waals surface area contributed by atoms with E-state index in [4.69, 9.17) is 4.74 Å². The minimum absolute atomic E-state index is 0.199. The highest BCUT2D eigenvalue weighted by Gasteiger charge is 2.16. The number of hydrogen-bond acceptors (Lipinski definition) is 4. The van der Waals surface area contributed by atoms with Gasteiger partial charge in [-0.05, 0) is 54.4 Å². The second-order valence-corrected chi connectivity index (χ2v) is 6.17. The Morgan fingerprint density at radius 1 is 0.857 bits per heavy atom. The highest BCUT2D eigenvalue weighted by molar-refractivity contribution is 5.97. The van der Waals surface area contributed by atoms with Crippen LogP contribution in [0.3, 0.4) is 0 Å². The Bertz CT molecular complexity index is 935. The summed E-state index contributed by atoms with van der Waals surface area (Å²) in [5.74, 6) is -0.622. The van der Waals surface area contributed by atoms with Crippen LogP contribution in [0.4, 0.5) is 5.69 Å². The number of anilines is 1. The summed E-state index contributed by atoms with van der Waals surface area (Å²) in [6.45, 7) is 2.04. The number of aromatic hydroxyl groups is 1. The lowest BCUT2D eigenvalue weighted by atomic mass is 10.0. The van der Waals surface area contributed by atoms with Crippen LogP contribution in [0.25, 0.3) is 11.1 Å². The fraction of sp³-hybridized carbons (Fsp3) is 0.130. The van der Waals surface area contributed by atoms with Crippen LogP contribution in [-0.2, 0) is 9.53 Å². The monoisotopic (exact) mass is 375 g/mol. The molecule has 28 heavy (non-hydrogen) atoms. The summed E-state index contributed by atoms with van der Waals surface area (Å²) in [5, 5.41) is 9.36. The van der Waals surface area contributed by atoms with Crippen molar-refractivity contribution in [3.8, 4) is 16.9 Å². The van der Waals surface area contributed by atoms with Crippen LogP contribution in [0.15, 0.2) is 78.9 Å². The summed E-state index contributed by atoms with van der Waals surface area (Å²) in [6, 6.07) is 23.0. The third kappa shape index (κ3) is 4.57. The third-order valence-electron chi connectivity index (χ3n) is 4.33. The molecule has 142 valence electrons. The van der Waals surface area contributed by atoms with E-state index in [-0.39, 0.29) is 18.3 Å². The molecule has 1 amide bonds. The first-order chi connectivity index (χ1) is 13.6. The number of benzene rings is 3. The number of amides is 1. The number of nitrogens with zero attached hydrogens (tertiary/aromatic N) is 1. The zero-order valence-corrected chi connectivity index (χ0v) is 15.5. The third-order valence-corrected chi connectivity index (χ3v) is 4.33. The van der Waals surface area contributed by atoms with Gasteiger partial charge in [0.15, 0.2) is 6.61 Å². The quantitative estimate of drug-likeness (QED) is 0.654. The number of carbonyl (C=O) groups is 2. The molecule has 0 bridgehead atoms. The number of hydrogen-bond donors (Lipinski definition) is 1. The fourth-order valence-corrected chi connectivity index (χ4v) is 2.85. The number of likely N-dealkylation sites (N-methyl/N-ethyl adjacent to an activating group) is 1. The van der Waals surface area contributed by atoms with Gasteiger partial charge in [0.05, 0.1) is 5.56 Å². The maximum Gasteiger partial charge on any atom is 0.338 e. The van der Waals surface area contributed by atoms with Gasteiger partial charge in [0.2, 0.25) is 0 Å². The molecule has 0 fully saturated rings. The van der Waals surface area contributed by atoms with Crippen molar-refractivity contribution in [2.24, 2.45) is 0 Å². The van der Waals surface area contributed by atoms with E-state index in [1.165, 1.54) is 0 Å². The van der Waals surface area contributed by atoms with Gasteiger partial charge in [0.1, 0.15) is 5.75 Å². The topological polar surface area (TPSA) is 66.8 Å². The van der Waals surface area contributed by atoms with Gasteiger partial charge < -0.3 is 14.7 Å². The van der Waals surface area contributed by atoms with Gasteiger partial charge in [-0.3, -0.25) is 4.79 Å². The second-order valence-electron chi connectivity index (χ2n) is 6.17. The van der Waals surface area contributed by atoms with E-state index >= 15 is 0 Å². The standard InChI is InChI=1S/C23H21NO4/c1-2-24(20-6-4-3-5-7-20)22(26)16-28-23(27)19-10-8-17(9-11-19)18-12-14-21(25)15-13-18/h3-15,25H,2,16H2,1H3. The first-order valence-corrected chi connectivity index (χ1v) is 9.00. The maximum absolute atomic E-state index is 12.4. The molecular weight excluding hydrogens is 354 g/mol. The predicted octanol–water partition coefficient (Wildman–Crippen LogP) is 4.27. The summed E-state index contributed by atoms with van der Waals surface area (Å²) in [7, 11) is 0. The van der Waals surface area contributed by atoms with Crippen molar-refractivity contribution in [1.29, 1.82) is 0 Å². The lowest BCUT2D eigenvalue weighted by molar-refractivity contribution is -0.121. The summed E-state index contributed by atoms with van der Waals surface area (Å²) >= 11 is 0. The summed E-state index contributed by atoms with van der Waals surface area (Å²) < 4.78 is 5.19. The first kappa shape index (κ1) is 19.2. The molecule has 0 saturated heterocycles. The van der Waals surface area contributed by atoms with Crippen molar-refractivity contribution in [2.75, 3.05) is 18.1 Å². The maximum atomic E-state index is 12.4. The van der Waals surface area contributed by atoms with E-state index in [9.17, 15) is 14.7 Å². The molecule has 0 aliphatic carbocycles. The van der Waals surface area contributed by atoms with Crippen LogP contribution in [0.5, 0.6) is 5.75 Å². The van der Waals surface area contributed by atoms with E-state index in [0.29, 0.717) is 12.1 Å². The van der Waals surface area contributed by atoms with Gasteiger partial charge in [-0.2, -0.15) is 0 Å². The second kappa shape index (κ2) is 8.86. The van der Waals surface area contributed by atoms with Crippen molar-refractivity contribution in [3.05, 3.63) is 84.4 Å². The van der Waals surface area contributed by atoms with Crippen LogP contribution >= 0.6 is 0 Å². The highest BCUT2D eigenvalue weighted by Crippen LogP contribution is 2.22. The Balaban J connectivity index is 1.61. The van der Waals surface area contributed by atoms with E-state index < -0.39 is 5.97 Å². The minimum Gasteiger partial charge on any atom is -0.508 e. The molecular formula is C23H21NO4. The molecule has 0 saturated carbocycles. The molecule has 0 spiro atoms. The van der Waals surface area contributed by atoms with Gasteiger partial charge in [-0.1, -0.05) is 42.5 Å². The summed E-state index contributed by atoms with van der Waals surface area (Å²) in [6.07, 6.45) is 0. The molecule has 1 N–H and O–H groups in total. The predicted molar refractivity (Wildman–Crippen MR) is 108 cm³/mol. The zero-order valence-electron chi connectivity index (χ0n) is 15.5. The molecule has 3 aromatic rings. The molecule has 0 heterocycles. The number of phenolic OH excluding ortho intramolecular Hbond substituents is 1. The Hall–Kier alpha value is -3.60. The largest absolute Gasteiger partial charge is 0.508 e. The van der Waals surface area contributed by atoms with E-state index in [0.717, 1.165) is 16.8 Å². The van der Waals surface area contributed by atoms with Gasteiger partial charge in [0.25, 0.3) is 5.91 Å². The van der Waals surface area contributed by atoms with Crippen LogP contribution in [0.2, 0.25) is 0 Å². The highest BCUT2D eigenvalue weighted by atomic mass is 16.5. The number of esters is 1. The van der Waals surface area contributed by atoms with E-state index in [2.05, 4.69) is 0 Å². The van der Waals surface area contributed by atoms with Crippen LogP contribution in [0, 0.1) is 0 Å². The molecule has 0 atom stereocenters. The van der Waals surface area contributed by atoms with Crippen molar-refractivity contribution in [3.63, 3.8) is 0 Å². The Kier molecular flexibility index (Phi) is 6.07. The van der Waals surface area contributed by atoms with Crippen molar-refractivity contribution in [2.45, 2.75) is 6.92 Å². The Labute approximate surface area is 163 Å². The number of phenols is 1. The van der Waals surface area contributed by atoms with Crippen molar-refractivity contribution in [1.82, 2.24) is 0 Å². The Morgan fingerprint density at radius 2 is 1.43 bits per heavy atom. The molecule has 3 aromatic carbocycles. The van der Waals surface area contributed by atoms with Crippen LogP contribution in [-0.4, -0.2) is 30.1 Å². The van der Waals surface area contributed by atoms with Crippen LogP contribution < -0.4 is 4.90 Å². The minimum atomic E-state index is -0.547.